The molecule has 3 amide bonds. The molecule has 0 saturated carbocycles. The molecule has 242 valence electrons. The largest absolute Gasteiger partial charge is 0.444 e. The van der Waals surface area contributed by atoms with Crippen LogP contribution < -0.4 is 16.0 Å². The molecule has 0 aliphatic heterocycles. The van der Waals surface area contributed by atoms with Crippen molar-refractivity contribution in [1.29, 1.82) is 0 Å². The molecule has 2 rings (SSSR count). The highest BCUT2D eigenvalue weighted by molar-refractivity contribution is 6.74. The summed E-state index contributed by atoms with van der Waals surface area (Å²) in [6.07, 6.45) is -0.445. The zero-order valence-corrected chi connectivity index (χ0v) is 27.8. The van der Waals surface area contributed by atoms with Crippen molar-refractivity contribution < 1.29 is 32.9 Å². The highest BCUT2D eigenvalue weighted by Gasteiger charge is 2.39. The van der Waals surface area contributed by atoms with Crippen LogP contribution in [0.3, 0.4) is 0 Å². The third-order valence-electron chi connectivity index (χ3n) is 7.26. The number of nitro benzene ring substituents is 1. The number of nitro groups is 1. The van der Waals surface area contributed by atoms with Crippen molar-refractivity contribution in [2.24, 2.45) is 0 Å². The standard InChI is InChI=1S/C31H45FN4O7Si/c1-30(2,3)43-29(39)35-25(20-42-44(7,8)31(4,5)6)28(38)34-24(18-21-12-10-9-11-13-21)27(37)33-17-16-22-14-15-23(32)26(19-22)36(40)41/h9-15,19,24-25H,16-18,20H2,1-8H3,(H,33,37)(H,34,38)(H,35,39)/t24-,25-/m0/s1. The van der Waals surface area contributed by atoms with Gasteiger partial charge in [-0.1, -0.05) is 57.2 Å². The molecule has 0 radical (unpaired) electrons. The number of ether oxygens (including phenoxy) is 1. The summed E-state index contributed by atoms with van der Waals surface area (Å²) in [5.74, 6) is -2.07. The lowest BCUT2D eigenvalue weighted by Gasteiger charge is -2.37. The summed E-state index contributed by atoms with van der Waals surface area (Å²) in [4.78, 5) is 49.9. The van der Waals surface area contributed by atoms with E-state index in [-0.39, 0.29) is 31.0 Å². The van der Waals surface area contributed by atoms with Crippen LogP contribution in [0.1, 0.15) is 52.7 Å². The van der Waals surface area contributed by atoms with Gasteiger partial charge in [0.15, 0.2) is 8.32 Å². The molecular formula is C31H45FN4O7Si. The third kappa shape index (κ3) is 11.7. The monoisotopic (exact) mass is 632 g/mol. The predicted octanol–water partition coefficient (Wildman–Crippen LogP) is 5.04. The Morgan fingerprint density at radius 1 is 0.932 bits per heavy atom. The van der Waals surface area contributed by atoms with Gasteiger partial charge in [-0.25, -0.2) is 4.79 Å². The molecule has 2 atom stereocenters. The Bertz CT molecular complexity index is 1310. The Balaban J connectivity index is 2.23. The van der Waals surface area contributed by atoms with E-state index in [0.717, 1.165) is 17.7 Å². The topological polar surface area (TPSA) is 149 Å². The second-order valence-electron chi connectivity index (χ2n) is 13.1. The molecule has 0 aliphatic carbocycles. The van der Waals surface area contributed by atoms with Gasteiger partial charge in [0.25, 0.3) is 0 Å². The molecule has 0 aromatic heterocycles. The minimum absolute atomic E-state index is 0.0802. The Morgan fingerprint density at radius 3 is 2.14 bits per heavy atom. The molecule has 2 aromatic rings. The summed E-state index contributed by atoms with van der Waals surface area (Å²) in [5.41, 5.74) is -0.194. The molecule has 0 spiro atoms. The molecule has 13 heteroatoms. The SMILES string of the molecule is CC(C)(C)OC(=O)N[C@@H](CO[Si](C)(C)C(C)(C)C)C(=O)N[C@@H](Cc1ccccc1)C(=O)NCCc1ccc(F)c([N+](=O)[O-])c1. The molecule has 44 heavy (non-hydrogen) atoms. The van der Waals surface area contributed by atoms with Crippen LogP contribution >= 0.6 is 0 Å². The molecule has 0 heterocycles. The number of alkyl carbamates (subject to hydrolysis) is 1. The summed E-state index contributed by atoms with van der Waals surface area (Å²) in [6, 6.07) is 10.5. The number of benzene rings is 2. The predicted molar refractivity (Wildman–Crippen MR) is 168 cm³/mol. The quantitative estimate of drug-likeness (QED) is 0.159. The van der Waals surface area contributed by atoms with Gasteiger partial charge in [-0.05, 0) is 62.5 Å². The average Bonchev–Trinajstić information content (AvgIpc) is 2.90. The van der Waals surface area contributed by atoms with Crippen molar-refractivity contribution in [3.63, 3.8) is 0 Å². The normalized spacial score (nSPS) is 13.4. The molecule has 0 saturated heterocycles. The van der Waals surface area contributed by atoms with Gasteiger partial charge in [0.1, 0.15) is 17.7 Å². The van der Waals surface area contributed by atoms with Crippen LogP contribution in [0.15, 0.2) is 48.5 Å². The molecule has 0 aliphatic rings. The molecule has 0 unspecified atom stereocenters. The lowest BCUT2D eigenvalue weighted by atomic mass is 10.0. The van der Waals surface area contributed by atoms with Gasteiger partial charge >= 0.3 is 11.8 Å². The molecule has 0 bridgehead atoms. The molecule has 2 aromatic carbocycles. The van der Waals surface area contributed by atoms with E-state index < -0.39 is 60.3 Å². The van der Waals surface area contributed by atoms with Crippen molar-refractivity contribution in [3.05, 3.63) is 75.6 Å². The van der Waals surface area contributed by atoms with Crippen LogP contribution in [-0.2, 0) is 31.6 Å². The second kappa shape index (κ2) is 15.2. The van der Waals surface area contributed by atoms with E-state index in [1.165, 1.54) is 6.07 Å². The van der Waals surface area contributed by atoms with E-state index in [1.54, 1.807) is 20.8 Å². The lowest BCUT2D eigenvalue weighted by molar-refractivity contribution is -0.387. The number of hydrogen-bond donors (Lipinski definition) is 3. The maximum absolute atomic E-state index is 13.7. The fraction of sp³-hybridized carbons (Fsp3) is 0.516. The van der Waals surface area contributed by atoms with Crippen molar-refractivity contribution in [2.45, 2.75) is 90.2 Å². The van der Waals surface area contributed by atoms with Crippen LogP contribution in [0, 0.1) is 15.9 Å². The number of halogens is 1. The number of nitrogens with zero attached hydrogens (tertiary/aromatic N) is 1. The minimum Gasteiger partial charge on any atom is -0.444 e. The van der Waals surface area contributed by atoms with Crippen LogP contribution in [0.4, 0.5) is 14.9 Å². The van der Waals surface area contributed by atoms with Crippen LogP contribution in [0.25, 0.3) is 0 Å². The number of rotatable bonds is 13. The lowest BCUT2D eigenvalue weighted by Crippen LogP contribution is -2.57. The van der Waals surface area contributed by atoms with Crippen LogP contribution in [0.2, 0.25) is 18.1 Å². The maximum atomic E-state index is 13.7. The summed E-state index contributed by atoms with van der Waals surface area (Å²) < 4.78 is 25.3. The van der Waals surface area contributed by atoms with Crippen molar-refractivity contribution in [3.8, 4) is 0 Å². The molecule has 0 fully saturated rings. The van der Waals surface area contributed by atoms with Gasteiger partial charge < -0.3 is 25.1 Å². The summed E-state index contributed by atoms with van der Waals surface area (Å²) in [5, 5.41) is 19.0. The van der Waals surface area contributed by atoms with Crippen LogP contribution in [-0.4, -0.2) is 62.0 Å². The summed E-state index contributed by atoms with van der Waals surface area (Å²) in [6.45, 7) is 15.3. The van der Waals surface area contributed by atoms with E-state index in [1.807, 2.05) is 43.4 Å². The Labute approximate surface area is 259 Å². The Morgan fingerprint density at radius 2 is 1.57 bits per heavy atom. The Kier molecular flexibility index (Phi) is 12.6. The van der Waals surface area contributed by atoms with Gasteiger partial charge in [-0.2, -0.15) is 4.39 Å². The van der Waals surface area contributed by atoms with E-state index in [2.05, 4.69) is 36.7 Å². The first-order valence-electron chi connectivity index (χ1n) is 14.5. The third-order valence-corrected chi connectivity index (χ3v) is 11.8. The highest BCUT2D eigenvalue weighted by atomic mass is 28.4. The van der Waals surface area contributed by atoms with E-state index in [0.29, 0.717) is 5.56 Å². The number of nitrogens with one attached hydrogen (secondary N) is 3. The maximum Gasteiger partial charge on any atom is 0.408 e. The summed E-state index contributed by atoms with van der Waals surface area (Å²) in [7, 11) is -2.32. The van der Waals surface area contributed by atoms with Gasteiger partial charge in [0, 0.05) is 19.0 Å². The van der Waals surface area contributed by atoms with E-state index in [9.17, 15) is 28.9 Å². The first kappa shape index (κ1) is 36.3. The fourth-order valence-corrected chi connectivity index (χ4v) is 4.80. The van der Waals surface area contributed by atoms with Gasteiger partial charge in [0.05, 0.1) is 11.5 Å². The first-order valence-corrected chi connectivity index (χ1v) is 17.4. The summed E-state index contributed by atoms with van der Waals surface area (Å²) >= 11 is 0. The zero-order chi connectivity index (χ0) is 33.3. The molecular weight excluding hydrogens is 587 g/mol. The average molecular weight is 633 g/mol. The van der Waals surface area contributed by atoms with Gasteiger partial charge in [-0.15, -0.1) is 0 Å². The number of hydrogen-bond acceptors (Lipinski definition) is 7. The Hall–Kier alpha value is -3.84. The zero-order valence-electron chi connectivity index (χ0n) is 26.8. The number of amides is 3. The van der Waals surface area contributed by atoms with Crippen molar-refractivity contribution >= 4 is 31.9 Å². The van der Waals surface area contributed by atoms with Gasteiger partial charge in [-0.3, -0.25) is 19.7 Å². The highest BCUT2D eigenvalue weighted by Crippen LogP contribution is 2.36. The molecule has 11 nitrogen and oxygen atoms in total. The number of carbonyl (C=O) groups is 3. The first-order chi connectivity index (χ1) is 20.3. The van der Waals surface area contributed by atoms with Crippen molar-refractivity contribution in [2.75, 3.05) is 13.2 Å². The molecule has 3 N–H and O–H groups in total. The fourth-order valence-electron chi connectivity index (χ4n) is 3.78. The second-order valence-corrected chi connectivity index (χ2v) is 17.9. The number of carbonyl (C=O) groups excluding carboxylic acids is 3. The van der Waals surface area contributed by atoms with E-state index >= 15 is 0 Å². The van der Waals surface area contributed by atoms with Crippen molar-refractivity contribution in [1.82, 2.24) is 16.0 Å². The smallest absolute Gasteiger partial charge is 0.408 e. The van der Waals surface area contributed by atoms with Gasteiger partial charge in [0.2, 0.25) is 17.6 Å². The minimum atomic E-state index is -2.32. The van der Waals surface area contributed by atoms with Crippen LogP contribution in [0.5, 0.6) is 0 Å². The van der Waals surface area contributed by atoms with E-state index in [4.69, 9.17) is 9.16 Å².